The van der Waals surface area contributed by atoms with Crippen LogP contribution in [0.3, 0.4) is 0 Å². The molecule has 0 atom stereocenters. The van der Waals surface area contributed by atoms with Crippen molar-refractivity contribution in [1.29, 1.82) is 0 Å². The zero-order valence-corrected chi connectivity index (χ0v) is 18.9. The van der Waals surface area contributed by atoms with Crippen LogP contribution in [0.1, 0.15) is 12.0 Å². The van der Waals surface area contributed by atoms with Crippen LogP contribution in [0.4, 0.5) is 4.39 Å². The molecule has 0 aliphatic carbocycles. The number of fused-ring (bicyclic) bond motifs is 1. The number of methoxy groups -OCH3 is 1. The van der Waals surface area contributed by atoms with E-state index in [1.807, 2.05) is 0 Å². The first-order valence-electron chi connectivity index (χ1n) is 9.70. The number of nitrogens with zero attached hydrogens (tertiary/aromatic N) is 3. The van der Waals surface area contributed by atoms with E-state index in [-0.39, 0.29) is 29.6 Å². The molecule has 2 aromatic carbocycles. The molecule has 1 amide bonds. The summed E-state index contributed by atoms with van der Waals surface area (Å²) >= 11 is 7.23. The number of ether oxygens (including phenoxy) is 1. The summed E-state index contributed by atoms with van der Waals surface area (Å²) in [6.07, 6.45) is 0.631. The minimum absolute atomic E-state index is 0.0632. The lowest BCUT2D eigenvalue weighted by Gasteiger charge is -2.18. The van der Waals surface area contributed by atoms with Crippen LogP contribution in [0.25, 0.3) is 10.9 Å². The van der Waals surface area contributed by atoms with Crippen molar-refractivity contribution in [1.82, 2.24) is 14.5 Å². The standard InChI is InChI=1S/C22H23ClFN3O3S/c1-26(13-15-6-3-4-7-18(15)24)20(28)14-31-22-25-19-12-16(23)8-9-17(19)21(29)27(22)10-5-11-30-2/h3-4,6-9,12H,5,10-11,13-14H2,1-2H3. The molecule has 0 fully saturated rings. The van der Waals surface area contributed by atoms with Gasteiger partial charge >= 0.3 is 0 Å². The van der Waals surface area contributed by atoms with Crippen LogP contribution in [-0.2, 0) is 22.6 Å². The zero-order valence-electron chi connectivity index (χ0n) is 17.3. The van der Waals surface area contributed by atoms with Crippen LogP contribution >= 0.6 is 23.4 Å². The molecule has 0 radical (unpaired) electrons. The Bertz CT molecular complexity index is 1140. The average molecular weight is 464 g/mol. The third-order valence-corrected chi connectivity index (χ3v) is 5.92. The Morgan fingerprint density at radius 2 is 2.06 bits per heavy atom. The predicted octanol–water partition coefficient (Wildman–Crippen LogP) is 3.98. The fraction of sp³-hybridized carbons (Fsp3) is 0.318. The van der Waals surface area contributed by atoms with Gasteiger partial charge in [-0.3, -0.25) is 14.2 Å². The van der Waals surface area contributed by atoms with Gasteiger partial charge in [0.15, 0.2) is 5.16 Å². The second-order valence-electron chi connectivity index (χ2n) is 6.99. The number of carbonyl (C=O) groups excluding carboxylic acids is 1. The van der Waals surface area contributed by atoms with Crippen molar-refractivity contribution in [2.45, 2.75) is 24.7 Å². The third kappa shape index (κ3) is 5.84. The van der Waals surface area contributed by atoms with Gasteiger partial charge in [-0.15, -0.1) is 0 Å². The van der Waals surface area contributed by atoms with Gasteiger partial charge in [0.2, 0.25) is 5.91 Å². The number of rotatable bonds is 9. The van der Waals surface area contributed by atoms with Gasteiger partial charge in [-0.2, -0.15) is 0 Å². The molecule has 0 saturated heterocycles. The molecule has 3 aromatic rings. The molecule has 0 aliphatic heterocycles. The van der Waals surface area contributed by atoms with E-state index < -0.39 is 0 Å². The minimum atomic E-state index is -0.352. The molecule has 0 saturated carbocycles. The second kappa shape index (κ2) is 10.7. The van der Waals surface area contributed by atoms with Crippen molar-refractivity contribution in [3.63, 3.8) is 0 Å². The Morgan fingerprint density at radius 3 is 2.81 bits per heavy atom. The number of aromatic nitrogens is 2. The van der Waals surface area contributed by atoms with E-state index in [1.165, 1.54) is 22.7 Å². The maximum absolute atomic E-state index is 13.9. The fourth-order valence-electron chi connectivity index (χ4n) is 3.05. The number of thioether (sulfide) groups is 1. The smallest absolute Gasteiger partial charge is 0.262 e. The van der Waals surface area contributed by atoms with E-state index in [2.05, 4.69) is 4.98 Å². The summed E-state index contributed by atoms with van der Waals surface area (Å²) in [6.45, 7) is 1.08. The molecule has 1 heterocycles. The highest BCUT2D eigenvalue weighted by Crippen LogP contribution is 2.21. The van der Waals surface area contributed by atoms with E-state index >= 15 is 0 Å². The van der Waals surface area contributed by atoms with E-state index in [0.29, 0.717) is 46.2 Å². The van der Waals surface area contributed by atoms with E-state index in [9.17, 15) is 14.0 Å². The van der Waals surface area contributed by atoms with Gasteiger partial charge in [-0.05, 0) is 30.7 Å². The van der Waals surface area contributed by atoms with Gasteiger partial charge in [0.05, 0.1) is 16.7 Å². The van der Waals surface area contributed by atoms with Gasteiger partial charge in [-0.1, -0.05) is 41.6 Å². The van der Waals surface area contributed by atoms with Crippen molar-refractivity contribution in [3.8, 4) is 0 Å². The minimum Gasteiger partial charge on any atom is -0.385 e. The molecular formula is C22H23ClFN3O3S. The van der Waals surface area contributed by atoms with Crippen LogP contribution in [0.15, 0.2) is 52.4 Å². The summed E-state index contributed by atoms with van der Waals surface area (Å²) in [5, 5.41) is 1.38. The lowest BCUT2D eigenvalue weighted by Crippen LogP contribution is -2.29. The van der Waals surface area contributed by atoms with E-state index in [0.717, 1.165) is 0 Å². The molecule has 9 heteroatoms. The molecule has 0 unspecified atom stereocenters. The number of hydrogen-bond donors (Lipinski definition) is 0. The summed E-state index contributed by atoms with van der Waals surface area (Å²) in [7, 11) is 3.22. The second-order valence-corrected chi connectivity index (χ2v) is 8.37. The quantitative estimate of drug-likeness (QED) is 0.273. The molecule has 31 heavy (non-hydrogen) atoms. The Balaban J connectivity index is 1.80. The monoisotopic (exact) mass is 463 g/mol. The van der Waals surface area contributed by atoms with Gasteiger partial charge in [-0.25, -0.2) is 9.37 Å². The number of halogens is 2. The highest BCUT2D eigenvalue weighted by molar-refractivity contribution is 7.99. The Kier molecular flexibility index (Phi) is 8.06. The predicted molar refractivity (Wildman–Crippen MR) is 121 cm³/mol. The first kappa shape index (κ1) is 23.2. The molecule has 6 nitrogen and oxygen atoms in total. The Morgan fingerprint density at radius 1 is 1.29 bits per heavy atom. The van der Waals surface area contributed by atoms with Crippen LogP contribution in [0.2, 0.25) is 5.02 Å². The molecular weight excluding hydrogens is 441 g/mol. The van der Waals surface area contributed by atoms with Crippen molar-refractivity contribution in [2.24, 2.45) is 0 Å². The van der Waals surface area contributed by atoms with Crippen molar-refractivity contribution in [3.05, 3.63) is 69.2 Å². The molecule has 0 bridgehead atoms. The molecule has 0 N–H and O–H groups in total. The summed E-state index contributed by atoms with van der Waals surface area (Å²) < 4.78 is 20.5. The number of carbonyl (C=O) groups is 1. The largest absolute Gasteiger partial charge is 0.385 e. The first-order valence-corrected chi connectivity index (χ1v) is 11.1. The summed E-state index contributed by atoms with van der Waals surface area (Å²) in [6, 6.07) is 11.3. The maximum Gasteiger partial charge on any atom is 0.262 e. The summed E-state index contributed by atoms with van der Waals surface area (Å²) in [5.74, 6) is -0.486. The number of hydrogen-bond acceptors (Lipinski definition) is 5. The van der Waals surface area contributed by atoms with Crippen LogP contribution in [0.5, 0.6) is 0 Å². The third-order valence-electron chi connectivity index (χ3n) is 4.73. The normalized spacial score (nSPS) is 11.1. The van der Waals surface area contributed by atoms with Gasteiger partial charge in [0.1, 0.15) is 5.82 Å². The summed E-state index contributed by atoms with van der Waals surface area (Å²) in [4.78, 5) is 31.7. The molecule has 1 aromatic heterocycles. The molecule has 0 aliphatic rings. The maximum atomic E-state index is 13.9. The number of amides is 1. The highest BCUT2D eigenvalue weighted by Gasteiger charge is 2.16. The zero-order chi connectivity index (χ0) is 22.4. The lowest BCUT2D eigenvalue weighted by atomic mass is 10.2. The Labute approximate surface area is 189 Å². The van der Waals surface area contributed by atoms with E-state index in [4.69, 9.17) is 16.3 Å². The van der Waals surface area contributed by atoms with Gasteiger partial charge in [0, 0.05) is 44.4 Å². The molecule has 0 spiro atoms. The van der Waals surface area contributed by atoms with E-state index in [1.54, 1.807) is 55.1 Å². The van der Waals surface area contributed by atoms with Gasteiger partial charge < -0.3 is 9.64 Å². The molecule has 164 valence electrons. The average Bonchev–Trinajstić information content (AvgIpc) is 2.75. The van der Waals surface area contributed by atoms with Crippen LogP contribution < -0.4 is 5.56 Å². The fourth-order valence-corrected chi connectivity index (χ4v) is 4.19. The first-order chi connectivity index (χ1) is 14.9. The Hall–Kier alpha value is -2.42. The lowest BCUT2D eigenvalue weighted by molar-refractivity contribution is -0.127. The number of benzene rings is 2. The van der Waals surface area contributed by atoms with Gasteiger partial charge in [0.25, 0.3) is 5.56 Å². The topological polar surface area (TPSA) is 64.4 Å². The van der Waals surface area contributed by atoms with Crippen molar-refractivity contribution < 1.29 is 13.9 Å². The van der Waals surface area contributed by atoms with Crippen LogP contribution in [0, 0.1) is 5.82 Å². The molecule has 3 rings (SSSR count). The summed E-state index contributed by atoms with van der Waals surface area (Å²) in [5.41, 5.74) is 0.737. The SMILES string of the molecule is COCCCn1c(SCC(=O)N(C)Cc2ccccc2F)nc2cc(Cl)ccc2c1=O. The van der Waals surface area contributed by atoms with Crippen molar-refractivity contribution >= 4 is 40.2 Å². The van der Waals surface area contributed by atoms with Crippen molar-refractivity contribution in [2.75, 3.05) is 26.5 Å². The highest BCUT2D eigenvalue weighted by atomic mass is 35.5. The van der Waals surface area contributed by atoms with Crippen LogP contribution in [-0.4, -0.2) is 46.9 Å².